The van der Waals surface area contributed by atoms with E-state index in [1.54, 1.807) is 0 Å². The van der Waals surface area contributed by atoms with E-state index >= 15 is 0 Å². The number of hydrogen-bond acceptors (Lipinski definition) is 1. The number of allylic oxidation sites excluding steroid dienone is 2. The van der Waals surface area contributed by atoms with Gasteiger partial charge in [-0.1, -0.05) is 42.0 Å². The second-order valence-electron chi connectivity index (χ2n) is 4.98. The summed E-state index contributed by atoms with van der Waals surface area (Å²) >= 11 is 0. The topological polar surface area (TPSA) is 17.1 Å². The number of benzene rings is 1. The van der Waals surface area contributed by atoms with Crippen LogP contribution >= 0.6 is 0 Å². The lowest BCUT2D eigenvalue weighted by Crippen LogP contribution is -2.10. The van der Waals surface area contributed by atoms with Crippen molar-refractivity contribution in [2.45, 2.75) is 31.1 Å². The zero-order valence-corrected chi connectivity index (χ0v) is 11.7. The first kappa shape index (κ1) is 13.3. The Balaban J connectivity index is 1.95. The highest BCUT2D eigenvalue weighted by Crippen LogP contribution is 2.28. The van der Waals surface area contributed by atoms with Crippen molar-refractivity contribution in [1.82, 2.24) is 0 Å². The highest BCUT2D eigenvalue weighted by atomic mass is 32.2. The molecule has 0 saturated heterocycles. The molecular formula is C16H20OS. The molecule has 0 spiro atoms. The molecule has 1 nitrogen and oxygen atoms in total. The van der Waals surface area contributed by atoms with Gasteiger partial charge in [-0.3, -0.25) is 4.21 Å². The van der Waals surface area contributed by atoms with Crippen LogP contribution < -0.4 is 0 Å². The Labute approximate surface area is 112 Å². The lowest BCUT2D eigenvalue weighted by Gasteiger charge is -2.21. The van der Waals surface area contributed by atoms with Crippen LogP contribution in [0.3, 0.4) is 0 Å². The smallest absolute Gasteiger partial charge is 0.0570 e. The molecule has 2 heteroatoms. The fourth-order valence-electron chi connectivity index (χ4n) is 2.29. The highest BCUT2D eigenvalue weighted by Gasteiger charge is 2.16. The molecule has 2 atom stereocenters. The van der Waals surface area contributed by atoms with E-state index in [1.165, 1.54) is 11.1 Å². The molecule has 0 saturated carbocycles. The summed E-state index contributed by atoms with van der Waals surface area (Å²) < 4.78 is 12.2. The molecule has 0 aliphatic heterocycles. The molecule has 1 aliphatic carbocycles. The zero-order valence-electron chi connectivity index (χ0n) is 10.9. The number of hydrogen-bond donors (Lipinski definition) is 0. The van der Waals surface area contributed by atoms with E-state index in [0.717, 1.165) is 24.2 Å². The molecule has 1 aromatic rings. The van der Waals surface area contributed by atoms with Crippen LogP contribution in [-0.4, -0.2) is 9.96 Å². The molecule has 0 amide bonds. The van der Waals surface area contributed by atoms with E-state index in [1.807, 2.05) is 30.3 Å². The first-order valence-electron chi connectivity index (χ1n) is 6.43. The molecule has 0 bridgehead atoms. The molecule has 2 rings (SSSR count). The Morgan fingerprint density at radius 1 is 1.39 bits per heavy atom. The minimum atomic E-state index is -0.894. The van der Waals surface area contributed by atoms with Crippen molar-refractivity contribution >= 4 is 10.8 Å². The summed E-state index contributed by atoms with van der Waals surface area (Å²) in [6, 6.07) is 9.73. The Hall–Kier alpha value is -1.15. The standard InChI is InChI=1S/C16H20OS/c1-13(2)15-10-8-14(9-11-15)12-18(17)16-6-4-3-5-7-16/h3-8,15H,1,9-12H2,2H3/t15-,18?/m0/s1. The minimum absolute atomic E-state index is 0.624. The highest BCUT2D eigenvalue weighted by molar-refractivity contribution is 7.85. The first-order chi connectivity index (χ1) is 8.66. The summed E-state index contributed by atoms with van der Waals surface area (Å²) in [5.74, 6) is 1.31. The minimum Gasteiger partial charge on any atom is -0.254 e. The molecule has 18 heavy (non-hydrogen) atoms. The molecule has 96 valence electrons. The van der Waals surface area contributed by atoms with Gasteiger partial charge >= 0.3 is 0 Å². The summed E-state index contributed by atoms with van der Waals surface area (Å²) in [5, 5.41) is 0. The molecule has 1 aliphatic rings. The van der Waals surface area contributed by atoms with Crippen molar-refractivity contribution in [3.63, 3.8) is 0 Å². The summed E-state index contributed by atoms with van der Waals surface area (Å²) in [4.78, 5) is 0.931. The van der Waals surface area contributed by atoms with E-state index in [-0.39, 0.29) is 0 Å². The van der Waals surface area contributed by atoms with Crippen molar-refractivity contribution in [2.24, 2.45) is 5.92 Å². The van der Waals surface area contributed by atoms with E-state index in [4.69, 9.17) is 0 Å². The normalized spacial score (nSPS) is 21.2. The van der Waals surface area contributed by atoms with E-state index in [0.29, 0.717) is 11.7 Å². The molecule has 1 aromatic carbocycles. The largest absolute Gasteiger partial charge is 0.254 e. The summed E-state index contributed by atoms with van der Waals surface area (Å²) in [7, 11) is -0.894. The van der Waals surface area contributed by atoms with Gasteiger partial charge < -0.3 is 0 Å². The van der Waals surface area contributed by atoms with Gasteiger partial charge in [0.2, 0.25) is 0 Å². The van der Waals surface area contributed by atoms with Gasteiger partial charge in [-0.15, -0.1) is 0 Å². The zero-order chi connectivity index (χ0) is 13.0. The summed E-state index contributed by atoms with van der Waals surface area (Å²) in [6.45, 7) is 6.13. The SMILES string of the molecule is C=C(C)[C@H]1CC=C(CS(=O)c2ccccc2)CC1. The monoisotopic (exact) mass is 260 g/mol. The van der Waals surface area contributed by atoms with Crippen LogP contribution in [0, 0.1) is 5.92 Å². The predicted molar refractivity (Wildman–Crippen MR) is 78.0 cm³/mol. The third-order valence-electron chi connectivity index (χ3n) is 3.52. The van der Waals surface area contributed by atoms with Crippen LogP contribution in [0.15, 0.2) is 59.0 Å². The van der Waals surface area contributed by atoms with Crippen molar-refractivity contribution in [2.75, 3.05) is 5.75 Å². The van der Waals surface area contributed by atoms with Gasteiger partial charge in [-0.25, -0.2) is 0 Å². The Morgan fingerprint density at radius 2 is 2.11 bits per heavy atom. The van der Waals surface area contributed by atoms with Gasteiger partial charge in [0.25, 0.3) is 0 Å². The van der Waals surface area contributed by atoms with Crippen molar-refractivity contribution in [1.29, 1.82) is 0 Å². The van der Waals surface area contributed by atoms with Gasteiger partial charge in [0.1, 0.15) is 0 Å². The first-order valence-corrected chi connectivity index (χ1v) is 7.75. The average molecular weight is 260 g/mol. The van der Waals surface area contributed by atoms with Crippen LogP contribution in [0.2, 0.25) is 0 Å². The summed E-state index contributed by atoms with van der Waals surface area (Å²) in [5.41, 5.74) is 2.61. The van der Waals surface area contributed by atoms with E-state index < -0.39 is 10.8 Å². The van der Waals surface area contributed by atoms with Crippen LogP contribution in [0.1, 0.15) is 26.2 Å². The van der Waals surface area contributed by atoms with Gasteiger partial charge in [0.15, 0.2) is 0 Å². The second kappa shape index (κ2) is 6.14. The van der Waals surface area contributed by atoms with E-state index in [2.05, 4.69) is 19.6 Å². The van der Waals surface area contributed by atoms with Crippen LogP contribution in [0.25, 0.3) is 0 Å². The average Bonchev–Trinajstić information content (AvgIpc) is 2.40. The number of rotatable bonds is 4. The quantitative estimate of drug-likeness (QED) is 0.745. The fraction of sp³-hybridized carbons (Fsp3) is 0.375. The molecule has 0 radical (unpaired) electrons. The predicted octanol–water partition coefficient (Wildman–Crippen LogP) is 4.10. The van der Waals surface area contributed by atoms with Crippen LogP contribution in [-0.2, 0) is 10.8 Å². The van der Waals surface area contributed by atoms with Gasteiger partial charge in [-0.05, 0) is 44.2 Å². The molecular weight excluding hydrogens is 240 g/mol. The maximum absolute atomic E-state index is 12.2. The molecule has 0 fully saturated rings. The van der Waals surface area contributed by atoms with Crippen LogP contribution in [0.5, 0.6) is 0 Å². The molecule has 0 aromatic heterocycles. The maximum Gasteiger partial charge on any atom is 0.0570 e. The van der Waals surface area contributed by atoms with Gasteiger partial charge in [0, 0.05) is 10.6 Å². The Bertz CT molecular complexity index is 473. The Morgan fingerprint density at radius 3 is 2.67 bits per heavy atom. The lowest BCUT2D eigenvalue weighted by molar-refractivity contribution is 0.540. The lowest BCUT2D eigenvalue weighted by atomic mass is 9.86. The van der Waals surface area contributed by atoms with Crippen molar-refractivity contribution < 1.29 is 4.21 Å². The third kappa shape index (κ3) is 3.42. The maximum atomic E-state index is 12.2. The third-order valence-corrected chi connectivity index (χ3v) is 4.96. The molecule has 0 heterocycles. The molecule has 0 N–H and O–H groups in total. The van der Waals surface area contributed by atoms with Crippen molar-refractivity contribution in [3.8, 4) is 0 Å². The van der Waals surface area contributed by atoms with Gasteiger partial charge in [0.05, 0.1) is 10.8 Å². The fourth-order valence-corrected chi connectivity index (χ4v) is 3.52. The van der Waals surface area contributed by atoms with Crippen LogP contribution in [0.4, 0.5) is 0 Å². The molecule has 1 unspecified atom stereocenters. The Kier molecular flexibility index (Phi) is 4.54. The van der Waals surface area contributed by atoms with Crippen molar-refractivity contribution in [3.05, 3.63) is 54.1 Å². The van der Waals surface area contributed by atoms with E-state index in [9.17, 15) is 4.21 Å². The van der Waals surface area contributed by atoms with Gasteiger partial charge in [-0.2, -0.15) is 0 Å². The second-order valence-corrected chi connectivity index (χ2v) is 6.43. The summed E-state index contributed by atoms with van der Waals surface area (Å²) in [6.07, 6.45) is 5.56.